The van der Waals surface area contributed by atoms with Crippen LogP contribution in [-0.4, -0.2) is 12.6 Å². The zero-order valence-corrected chi connectivity index (χ0v) is 8.79. The van der Waals surface area contributed by atoms with Gasteiger partial charge in [0.25, 0.3) is 0 Å². The number of esters is 1. The van der Waals surface area contributed by atoms with Gasteiger partial charge in [-0.15, -0.1) is 0 Å². The molecule has 0 N–H and O–H groups in total. The molecule has 78 valence electrons. The molecule has 0 unspecified atom stereocenters. The Hall–Kier alpha value is -1.05. The highest BCUT2D eigenvalue weighted by Gasteiger charge is 2.13. The molecule has 1 rings (SSSR count). The highest BCUT2D eigenvalue weighted by molar-refractivity contribution is 5.90. The van der Waals surface area contributed by atoms with Crippen LogP contribution in [0.5, 0.6) is 0 Å². The van der Waals surface area contributed by atoms with Crippen LogP contribution in [0.3, 0.4) is 0 Å². The Morgan fingerprint density at radius 2 is 2.29 bits per heavy atom. The first-order valence-corrected chi connectivity index (χ1v) is 5.35. The Bertz CT molecular complexity index is 239. The van der Waals surface area contributed by atoms with Gasteiger partial charge in [-0.05, 0) is 25.3 Å². The van der Waals surface area contributed by atoms with E-state index >= 15 is 0 Å². The number of hydrogen-bond acceptors (Lipinski definition) is 2. The Morgan fingerprint density at radius 3 is 2.93 bits per heavy atom. The van der Waals surface area contributed by atoms with Crippen molar-refractivity contribution in [2.75, 3.05) is 6.61 Å². The molecular formula is C12H18O2. The van der Waals surface area contributed by atoms with E-state index in [1.165, 1.54) is 19.3 Å². The first kappa shape index (κ1) is 11.0. The molecular weight excluding hydrogens is 176 g/mol. The molecule has 0 spiro atoms. The van der Waals surface area contributed by atoms with Crippen molar-refractivity contribution in [2.24, 2.45) is 0 Å². The van der Waals surface area contributed by atoms with Crippen LogP contribution in [0.2, 0.25) is 0 Å². The fourth-order valence-corrected chi connectivity index (χ4v) is 1.40. The highest BCUT2D eigenvalue weighted by atomic mass is 16.5. The topological polar surface area (TPSA) is 26.3 Å². The number of unbranched alkanes of at least 4 members (excludes halogenated alkanes) is 3. The molecule has 0 aromatic heterocycles. The number of hydrogen-bond donors (Lipinski definition) is 0. The van der Waals surface area contributed by atoms with E-state index in [1.54, 1.807) is 0 Å². The maximum absolute atomic E-state index is 11.0. The maximum atomic E-state index is 11.0. The van der Waals surface area contributed by atoms with Crippen molar-refractivity contribution in [1.29, 1.82) is 0 Å². The molecule has 0 aliphatic carbocycles. The minimum Gasteiger partial charge on any atom is -0.458 e. The van der Waals surface area contributed by atoms with Crippen molar-refractivity contribution in [1.82, 2.24) is 0 Å². The molecule has 0 radical (unpaired) electrons. The number of allylic oxidation sites excluding steroid dienone is 2. The summed E-state index contributed by atoms with van der Waals surface area (Å²) in [5.74, 6) is -0.150. The van der Waals surface area contributed by atoms with Crippen molar-refractivity contribution in [3.63, 3.8) is 0 Å². The van der Waals surface area contributed by atoms with Crippen molar-refractivity contribution in [3.8, 4) is 0 Å². The lowest BCUT2D eigenvalue weighted by atomic mass is 10.1. The first-order valence-electron chi connectivity index (χ1n) is 5.35. The molecule has 0 amide bonds. The monoisotopic (exact) mass is 194 g/mol. The van der Waals surface area contributed by atoms with Gasteiger partial charge in [-0.2, -0.15) is 0 Å². The van der Waals surface area contributed by atoms with Gasteiger partial charge in [0.1, 0.15) is 6.61 Å². The van der Waals surface area contributed by atoms with Gasteiger partial charge in [-0.3, -0.25) is 0 Å². The molecule has 0 fully saturated rings. The van der Waals surface area contributed by atoms with E-state index in [9.17, 15) is 4.79 Å². The number of rotatable bonds is 6. The lowest BCUT2D eigenvalue weighted by Crippen LogP contribution is -1.97. The van der Waals surface area contributed by atoms with Gasteiger partial charge >= 0.3 is 5.97 Å². The SMILES string of the molecule is CCCCC/C=C/CC1=CCOC1=O. The molecule has 0 bridgehead atoms. The largest absolute Gasteiger partial charge is 0.458 e. The second-order valence-corrected chi connectivity index (χ2v) is 3.50. The summed E-state index contributed by atoms with van der Waals surface area (Å²) in [6.45, 7) is 2.65. The van der Waals surface area contributed by atoms with Crippen LogP contribution < -0.4 is 0 Å². The standard InChI is InChI=1S/C12H18O2/c1-2-3-4-5-6-7-8-11-9-10-14-12(11)13/h6-7,9H,2-5,8,10H2,1H3/b7-6+. The zero-order chi connectivity index (χ0) is 10.2. The summed E-state index contributed by atoms with van der Waals surface area (Å²) in [6, 6.07) is 0. The first-order chi connectivity index (χ1) is 6.84. The Labute approximate surface area is 85.6 Å². The third-order valence-electron chi connectivity index (χ3n) is 2.29. The van der Waals surface area contributed by atoms with Gasteiger partial charge in [-0.1, -0.05) is 31.9 Å². The molecule has 0 saturated heterocycles. The number of ether oxygens (including phenoxy) is 1. The van der Waals surface area contributed by atoms with E-state index in [0.717, 1.165) is 18.4 Å². The molecule has 14 heavy (non-hydrogen) atoms. The molecule has 1 aliphatic rings. The van der Waals surface area contributed by atoms with Gasteiger partial charge in [0, 0.05) is 5.57 Å². The summed E-state index contributed by atoms with van der Waals surface area (Å²) in [5, 5.41) is 0. The maximum Gasteiger partial charge on any atom is 0.334 e. The summed E-state index contributed by atoms with van der Waals surface area (Å²) in [6.07, 6.45) is 11.7. The van der Waals surface area contributed by atoms with Crippen LogP contribution in [0.25, 0.3) is 0 Å². The molecule has 2 nitrogen and oxygen atoms in total. The Balaban J connectivity index is 2.10. The predicted octanol–water partition coefficient (Wildman–Crippen LogP) is 3.00. The van der Waals surface area contributed by atoms with Crippen molar-refractivity contribution in [3.05, 3.63) is 23.8 Å². The smallest absolute Gasteiger partial charge is 0.334 e. The second kappa shape index (κ2) is 6.41. The fraction of sp³-hybridized carbons (Fsp3) is 0.583. The van der Waals surface area contributed by atoms with E-state index in [4.69, 9.17) is 4.74 Å². The van der Waals surface area contributed by atoms with Crippen molar-refractivity contribution < 1.29 is 9.53 Å². The molecule has 0 aromatic carbocycles. The normalized spacial score (nSPS) is 16.1. The van der Waals surface area contributed by atoms with E-state index in [1.807, 2.05) is 6.08 Å². The van der Waals surface area contributed by atoms with Gasteiger partial charge in [0.15, 0.2) is 0 Å². The van der Waals surface area contributed by atoms with E-state index < -0.39 is 0 Å². The molecule has 0 atom stereocenters. The number of carbonyl (C=O) groups excluding carboxylic acids is 1. The Morgan fingerprint density at radius 1 is 1.43 bits per heavy atom. The second-order valence-electron chi connectivity index (χ2n) is 3.50. The van der Waals surface area contributed by atoms with Gasteiger partial charge in [0.05, 0.1) is 0 Å². The van der Waals surface area contributed by atoms with Gasteiger partial charge in [0.2, 0.25) is 0 Å². The average Bonchev–Trinajstić information content (AvgIpc) is 2.58. The summed E-state index contributed by atoms with van der Waals surface area (Å²) >= 11 is 0. The molecule has 0 saturated carbocycles. The zero-order valence-electron chi connectivity index (χ0n) is 8.79. The summed E-state index contributed by atoms with van der Waals surface area (Å²) in [4.78, 5) is 11.0. The van der Waals surface area contributed by atoms with Crippen LogP contribution >= 0.6 is 0 Å². The third-order valence-corrected chi connectivity index (χ3v) is 2.29. The molecule has 2 heteroatoms. The summed E-state index contributed by atoms with van der Waals surface area (Å²) in [5.41, 5.74) is 0.803. The van der Waals surface area contributed by atoms with Crippen LogP contribution in [0.15, 0.2) is 23.8 Å². The molecule has 0 aromatic rings. The highest BCUT2D eigenvalue weighted by Crippen LogP contribution is 2.11. The molecule has 1 aliphatic heterocycles. The minimum absolute atomic E-state index is 0.150. The average molecular weight is 194 g/mol. The van der Waals surface area contributed by atoms with E-state index in [-0.39, 0.29) is 5.97 Å². The van der Waals surface area contributed by atoms with Gasteiger partial charge < -0.3 is 4.74 Å². The van der Waals surface area contributed by atoms with Crippen LogP contribution in [0, 0.1) is 0 Å². The van der Waals surface area contributed by atoms with Crippen LogP contribution in [0.4, 0.5) is 0 Å². The third kappa shape index (κ3) is 3.77. The fourth-order valence-electron chi connectivity index (χ4n) is 1.40. The summed E-state index contributed by atoms with van der Waals surface area (Å²) in [7, 11) is 0. The van der Waals surface area contributed by atoms with Crippen molar-refractivity contribution in [2.45, 2.75) is 39.0 Å². The molecule has 1 heterocycles. The predicted molar refractivity (Wildman–Crippen MR) is 56.9 cm³/mol. The lowest BCUT2D eigenvalue weighted by Gasteiger charge is -1.94. The minimum atomic E-state index is -0.150. The Kier molecular flexibility index (Phi) is 5.05. The number of carbonyl (C=O) groups is 1. The quantitative estimate of drug-likeness (QED) is 0.369. The van der Waals surface area contributed by atoms with E-state index in [2.05, 4.69) is 19.1 Å². The lowest BCUT2D eigenvalue weighted by molar-refractivity contribution is -0.136. The number of cyclic esters (lactones) is 1. The van der Waals surface area contributed by atoms with Crippen LogP contribution in [-0.2, 0) is 9.53 Å². The van der Waals surface area contributed by atoms with Crippen LogP contribution in [0.1, 0.15) is 39.0 Å². The van der Waals surface area contributed by atoms with Crippen molar-refractivity contribution >= 4 is 5.97 Å². The van der Waals surface area contributed by atoms with E-state index in [0.29, 0.717) is 6.61 Å². The summed E-state index contributed by atoms with van der Waals surface area (Å²) < 4.78 is 4.80. The van der Waals surface area contributed by atoms with Gasteiger partial charge in [-0.25, -0.2) is 4.79 Å².